The Morgan fingerprint density at radius 3 is 2.59 bits per heavy atom. The van der Waals surface area contributed by atoms with Gasteiger partial charge in [-0.2, -0.15) is 0 Å². The summed E-state index contributed by atoms with van der Waals surface area (Å²) in [6.07, 6.45) is 0.990. The first-order valence-corrected chi connectivity index (χ1v) is 9.96. The molecule has 0 unspecified atom stereocenters. The smallest absolute Gasteiger partial charge is 0.311 e. The van der Waals surface area contributed by atoms with Gasteiger partial charge < -0.3 is 20.3 Å². The lowest BCUT2D eigenvalue weighted by Crippen LogP contribution is -2.39. The normalized spacial score (nSPS) is 17.0. The van der Waals surface area contributed by atoms with Crippen LogP contribution in [0.5, 0.6) is 0 Å². The van der Waals surface area contributed by atoms with Crippen molar-refractivity contribution in [3.05, 3.63) is 29.8 Å². The van der Waals surface area contributed by atoms with Gasteiger partial charge in [-0.15, -0.1) is 0 Å². The largest absolute Gasteiger partial charge is 0.455 e. The van der Waals surface area contributed by atoms with Crippen molar-refractivity contribution in [2.75, 3.05) is 31.1 Å². The Morgan fingerprint density at radius 2 is 1.90 bits per heavy atom. The van der Waals surface area contributed by atoms with Crippen molar-refractivity contribution in [1.82, 2.24) is 10.6 Å². The van der Waals surface area contributed by atoms with Crippen LogP contribution in [0.25, 0.3) is 0 Å². The maximum Gasteiger partial charge on any atom is 0.311 e. The van der Waals surface area contributed by atoms with Crippen LogP contribution in [0, 0.1) is 5.92 Å². The predicted molar refractivity (Wildman–Crippen MR) is 108 cm³/mol. The molecule has 1 heterocycles. The number of para-hydroxylation sites is 1. The van der Waals surface area contributed by atoms with E-state index >= 15 is 0 Å². The van der Waals surface area contributed by atoms with Gasteiger partial charge in [0.25, 0.3) is 5.91 Å². The van der Waals surface area contributed by atoms with Crippen molar-refractivity contribution in [2.45, 2.75) is 39.5 Å². The van der Waals surface area contributed by atoms with Gasteiger partial charge in [0, 0.05) is 25.2 Å². The second kappa shape index (κ2) is 10.6. The third kappa shape index (κ3) is 6.04. The van der Waals surface area contributed by atoms with E-state index in [4.69, 9.17) is 4.74 Å². The van der Waals surface area contributed by atoms with Gasteiger partial charge in [0.05, 0.1) is 12.5 Å². The van der Waals surface area contributed by atoms with Crippen LogP contribution in [0.1, 0.15) is 45.1 Å². The molecule has 1 aliphatic heterocycles. The standard InChI is InChI=1S/C21H29N3O5/c1-4-14(3)16-8-6-7-9-17(16)24-12-15(10-20(24)27)21(28)29-13-19(26)23-11-18(25)22-5-2/h6-9,14-15H,4-5,10-13H2,1-3H3,(H,22,25)(H,23,26)/t14-,15+/m1/s1. The number of ether oxygens (including phenoxy) is 1. The molecule has 0 aliphatic carbocycles. The topological polar surface area (TPSA) is 105 Å². The Morgan fingerprint density at radius 1 is 1.17 bits per heavy atom. The first-order valence-electron chi connectivity index (χ1n) is 9.96. The molecule has 3 amide bonds. The number of anilines is 1. The van der Waals surface area contributed by atoms with Crippen molar-refractivity contribution in [3.8, 4) is 0 Å². The Kier molecular flexibility index (Phi) is 8.18. The third-order valence-electron chi connectivity index (χ3n) is 4.99. The van der Waals surface area contributed by atoms with Crippen LogP contribution in [-0.2, 0) is 23.9 Å². The number of benzene rings is 1. The van der Waals surface area contributed by atoms with E-state index in [0.717, 1.165) is 17.7 Å². The Balaban J connectivity index is 1.91. The molecule has 0 aromatic heterocycles. The molecule has 1 aromatic carbocycles. The zero-order valence-corrected chi connectivity index (χ0v) is 17.2. The summed E-state index contributed by atoms with van der Waals surface area (Å²) in [5.41, 5.74) is 1.89. The second-order valence-corrected chi connectivity index (χ2v) is 7.11. The molecule has 0 saturated carbocycles. The monoisotopic (exact) mass is 403 g/mol. The van der Waals surface area contributed by atoms with Gasteiger partial charge in [-0.3, -0.25) is 19.2 Å². The van der Waals surface area contributed by atoms with Crippen LogP contribution in [0.2, 0.25) is 0 Å². The van der Waals surface area contributed by atoms with E-state index in [1.54, 1.807) is 11.8 Å². The van der Waals surface area contributed by atoms with Gasteiger partial charge in [-0.05, 0) is 30.9 Å². The van der Waals surface area contributed by atoms with E-state index in [9.17, 15) is 19.2 Å². The summed E-state index contributed by atoms with van der Waals surface area (Å²) in [5, 5.41) is 4.93. The lowest BCUT2D eigenvalue weighted by atomic mass is 9.96. The van der Waals surface area contributed by atoms with Crippen LogP contribution in [0.4, 0.5) is 5.69 Å². The SMILES string of the molecule is CCNC(=O)CNC(=O)COC(=O)[C@H]1CC(=O)N(c2ccccc2[C@H](C)CC)C1. The number of hydrogen-bond donors (Lipinski definition) is 2. The predicted octanol–water partition coefficient (Wildman–Crippen LogP) is 1.35. The Hall–Kier alpha value is -2.90. The molecule has 1 aliphatic rings. The maximum absolute atomic E-state index is 12.5. The van der Waals surface area contributed by atoms with Crippen molar-refractivity contribution >= 4 is 29.4 Å². The highest BCUT2D eigenvalue weighted by Crippen LogP contribution is 2.33. The first kappa shape index (κ1) is 22.4. The summed E-state index contributed by atoms with van der Waals surface area (Å²) in [5.74, 6) is -1.93. The highest BCUT2D eigenvalue weighted by atomic mass is 16.5. The number of carbonyl (C=O) groups is 4. The van der Waals surface area contributed by atoms with Crippen LogP contribution in [0.15, 0.2) is 24.3 Å². The van der Waals surface area contributed by atoms with Gasteiger partial charge in [0.1, 0.15) is 0 Å². The van der Waals surface area contributed by atoms with Gasteiger partial charge >= 0.3 is 5.97 Å². The lowest BCUT2D eigenvalue weighted by Gasteiger charge is -2.23. The first-order chi connectivity index (χ1) is 13.9. The summed E-state index contributed by atoms with van der Waals surface area (Å²) in [6, 6.07) is 7.71. The van der Waals surface area contributed by atoms with Crippen molar-refractivity contribution in [2.24, 2.45) is 5.92 Å². The molecule has 2 atom stereocenters. The number of likely N-dealkylation sites (N-methyl/N-ethyl adjacent to an activating group) is 1. The fraction of sp³-hybridized carbons (Fsp3) is 0.524. The van der Waals surface area contributed by atoms with Gasteiger partial charge in [-0.1, -0.05) is 32.0 Å². The molecular weight excluding hydrogens is 374 g/mol. The molecule has 2 rings (SSSR count). The van der Waals surface area contributed by atoms with E-state index in [-0.39, 0.29) is 31.3 Å². The summed E-state index contributed by atoms with van der Waals surface area (Å²) >= 11 is 0. The van der Waals surface area contributed by atoms with Crippen LogP contribution in [-0.4, -0.2) is 49.9 Å². The quantitative estimate of drug-likeness (QED) is 0.606. The molecule has 1 aromatic rings. The number of esters is 1. The van der Waals surface area contributed by atoms with Crippen molar-refractivity contribution in [3.63, 3.8) is 0 Å². The van der Waals surface area contributed by atoms with Crippen molar-refractivity contribution in [1.29, 1.82) is 0 Å². The van der Waals surface area contributed by atoms with Crippen LogP contribution in [0.3, 0.4) is 0 Å². The average molecular weight is 403 g/mol. The lowest BCUT2D eigenvalue weighted by molar-refractivity contribution is -0.152. The molecule has 1 fully saturated rings. The molecule has 1 saturated heterocycles. The van der Waals surface area contributed by atoms with Crippen LogP contribution >= 0.6 is 0 Å². The number of rotatable bonds is 9. The van der Waals surface area contributed by atoms with E-state index in [1.165, 1.54) is 0 Å². The summed E-state index contributed by atoms with van der Waals surface area (Å²) in [4.78, 5) is 49.5. The number of nitrogens with one attached hydrogen (secondary N) is 2. The number of carbonyl (C=O) groups excluding carboxylic acids is 4. The molecule has 8 heteroatoms. The number of nitrogens with zero attached hydrogens (tertiary/aromatic N) is 1. The minimum absolute atomic E-state index is 0.0498. The zero-order valence-electron chi connectivity index (χ0n) is 17.2. The van der Waals surface area contributed by atoms with E-state index in [2.05, 4.69) is 24.5 Å². The fourth-order valence-corrected chi connectivity index (χ4v) is 3.21. The minimum Gasteiger partial charge on any atom is -0.455 e. The second-order valence-electron chi connectivity index (χ2n) is 7.11. The Bertz CT molecular complexity index is 764. The minimum atomic E-state index is -0.622. The van der Waals surface area contributed by atoms with E-state index < -0.39 is 24.4 Å². The highest BCUT2D eigenvalue weighted by Gasteiger charge is 2.37. The molecule has 158 valence electrons. The summed E-state index contributed by atoms with van der Waals surface area (Å²) in [6.45, 7) is 6.00. The molecule has 2 N–H and O–H groups in total. The molecule has 29 heavy (non-hydrogen) atoms. The molecule has 0 bridgehead atoms. The third-order valence-corrected chi connectivity index (χ3v) is 4.99. The fourth-order valence-electron chi connectivity index (χ4n) is 3.21. The molecular formula is C21H29N3O5. The molecule has 0 radical (unpaired) electrons. The van der Waals surface area contributed by atoms with E-state index in [0.29, 0.717) is 12.5 Å². The maximum atomic E-state index is 12.5. The van der Waals surface area contributed by atoms with Gasteiger partial charge in [0.15, 0.2) is 6.61 Å². The summed E-state index contributed by atoms with van der Waals surface area (Å²) < 4.78 is 5.05. The highest BCUT2D eigenvalue weighted by molar-refractivity contribution is 6.00. The van der Waals surface area contributed by atoms with Crippen molar-refractivity contribution < 1.29 is 23.9 Å². The Labute approximate surface area is 171 Å². The summed E-state index contributed by atoms with van der Waals surface area (Å²) in [7, 11) is 0. The molecule has 8 nitrogen and oxygen atoms in total. The molecule has 0 spiro atoms. The van der Waals surface area contributed by atoms with Gasteiger partial charge in [-0.25, -0.2) is 0 Å². The zero-order chi connectivity index (χ0) is 21.4. The number of hydrogen-bond acceptors (Lipinski definition) is 5. The van der Waals surface area contributed by atoms with Crippen LogP contribution < -0.4 is 15.5 Å². The average Bonchev–Trinajstić information content (AvgIpc) is 3.11. The number of amides is 3. The van der Waals surface area contributed by atoms with Gasteiger partial charge in [0.2, 0.25) is 11.8 Å². The van der Waals surface area contributed by atoms with E-state index in [1.807, 2.05) is 24.3 Å².